The first kappa shape index (κ1) is 20.1. The third kappa shape index (κ3) is 4.27. The molecule has 6 nitrogen and oxygen atoms in total. The van der Waals surface area contributed by atoms with Crippen molar-refractivity contribution in [3.8, 4) is 0 Å². The highest BCUT2D eigenvalue weighted by atomic mass is 32.2. The Morgan fingerprint density at radius 3 is 2.56 bits per heavy atom. The van der Waals surface area contributed by atoms with Crippen molar-refractivity contribution in [3.63, 3.8) is 0 Å². The first-order chi connectivity index (χ1) is 12.7. The summed E-state index contributed by atoms with van der Waals surface area (Å²) in [6, 6.07) is 3.80. The summed E-state index contributed by atoms with van der Waals surface area (Å²) in [5, 5.41) is 4.51. The van der Waals surface area contributed by atoms with E-state index >= 15 is 0 Å². The summed E-state index contributed by atoms with van der Waals surface area (Å²) in [5.74, 6) is -0.490. The molecule has 0 radical (unpaired) electrons. The molecule has 0 aliphatic carbocycles. The maximum absolute atomic E-state index is 13.9. The normalized spacial score (nSPS) is 19.1. The van der Waals surface area contributed by atoms with Crippen molar-refractivity contribution >= 4 is 22.1 Å². The maximum Gasteiger partial charge on any atom is 0.198 e. The zero-order valence-corrected chi connectivity index (χ0v) is 16.9. The number of nitrogens with zero attached hydrogens (tertiary/aromatic N) is 4. The maximum atomic E-state index is 13.9. The Balaban J connectivity index is 1.82. The van der Waals surface area contributed by atoms with Gasteiger partial charge >= 0.3 is 0 Å². The van der Waals surface area contributed by atoms with Gasteiger partial charge in [-0.15, -0.1) is 0 Å². The van der Waals surface area contributed by atoms with E-state index in [1.165, 1.54) is 18.2 Å². The number of rotatable bonds is 6. The zero-order valence-electron chi connectivity index (χ0n) is 15.2. The molecule has 10 heteroatoms. The average Bonchev–Trinajstić information content (AvgIpc) is 3.10. The lowest BCUT2D eigenvalue weighted by molar-refractivity contribution is 0.201. The van der Waals surface area contributed by atoms with Crippen molar-refractivity contribution in [2.24, 2.45) is 7.05 Å². The van der Waals surface area contributed by atoms with Crippen LogP contribution in [0.5, 0.6) is 0 Å². The fourth-order valence-corrected chi connectivity index (χ4v) is 5.24. The fraction of sp³-hybridized carbons (Fsp3) is 0.529. The summed E-state index contributed by atoms with van der Waals surface area (Å²) in [6.45, 7) is 2.77. The Morgan fingerprint density at radius 1 is 1.33 bits per heavy atom. The molecule has 1 atom stereocenters. The van der Waals surface area contributed by atoms with Gasteiger partial charge in [0, 0.05) is 25.1 Å². The molecule has 2 aromatic rings. The van der Waals surface area contributed by atoms with Gasteiger partial charge in [-0.1, -0.05) is 13.0 Å². The second kappa shape index (κ2) is 7.76. The molecule has 0 spiro atoms. The van der Waals surface area contributed by atoms with E-state index in [1.54, 1.807) is 16.3 Å². The Hall–Kier alpha value is -1.65. The zero-order chi connectivity index (χ0) is 19.8. The van der Waals surface area contributed by atoms with Crippen LogP contribution in [0.25, 0.3) is 0 Å². The van der Waals surface area contributed by atoms with E-state index in [2.05, 4.69) is 5.10 Å². The van der Waals surface area contributed by atoms with Gasteiger partial charge in [0.05, 0.1) is 18.2 Å². The van der Waals surface area contributed by atoms with Crippen molar-refractivity contribution in [1.29, 1.82) is 0 Å². The van der Waals surface area contributed by atoms with E-state index in [9.17, 15) is 17.2 Å². The topological polar surface area (TPSA) is 60.1 Å². The number of aromatic nitrogens is 3. The lowest BCUT2D eigenvalue weighted by Gasteiger charge is -2.20. The Labute approximate surface area is 162 Å². The molecule has 0 N–H and O–H groups in total. The summed E-state index contributed by atoms with van der Waals surface area (Å²) in [7, 11) is -1.27. The third-order valence-corrected chi connectivity index (χ3v) is 7.15. The molecule has 1 aromatic heterocycles. The summed E-state index contributed by atoms with van der Waals surface area (Å²) in [6.07, 6.45) is 0.528. The molecule has 0 saturated carbocycles. The minimum absolute atomic E-state index is 0.00362. The minimum atomic E-state index is -3.03. The average molecular weight is 417 g/mol. The number of sulfone groups is 1. The summed E-state index contributed by atoms with van der Waals surface area (Å²) >= 11 is 5.43. The molecule has 1 aliphatic heterocycles. The highest BCUT2D eigenvalue weighted by Gasteiger charge is 2.32. The van der Waals surface area contributed by atoms with Gasteiger partial charge in [-0.25, -0.2) is 21.9 Å². The summed E-state index contributed by atoms with van der Waals surface area (Å²) < 4.78 is 55.1. The van der Waals surface area contributed by atoms with E-state index < -0.39 is 21.5 Å². The summed E-state index contributed by atoms with van der Waals surface area (Å²) in [5.41, 5.74) is 0.00362. The van der Waals surface area contributed by atoms with Crippen LogP contribution in [0.1, 0.15) is 30.7 Å². The molecular weight excluding hydrogens is 394 g/mol. The smallest absolute Gasteiger partial charge is 0.198 e. The standard InChI is InChI=1S/C17H22F2N4O2S2/c1-3-22(9-13-14(18)5-4-6-15(13)19)11-23-17(26)21(2)16(20-23)12-7-8-27(24,25)10-12/h4-6,12H,3,7-11H2,1-2H3. The monoisotopic (exact) mass is 416 g/mol. The first-order valence-electron chi connectivity index (χ1n) is 8.71. The molecule has 1 aromatic carbocycles. The quantitative estimate of drug-likeness (QED) is 0.678. The van der Waals surface area contributed by atoms with Crippen molar-refractivity contribution in [2.75, 3.05) is 18.1 Å². The number of hydrogen-bond acceptors (Lipinski definition) is 5. The van der Waals surface area contributed by atoms with Crippen molar-refractivity contribution in [1.82, 2.24) is 19.2 Å². The third-order valence-electron chi connectivity index (χ3n) is 4.90. The molecule has 2 heterocycles. The van der Waals surface area contributed by atoms with Crippen LogP contribution in [0.2, 0.25) is 0 Å². The van der Waals surface area contributed by atoms with Crippen molar-refractivity contribution in [3.05, 3.63) is 46.0 Å². The fourth-order valence-electron chi connectivity index (χ4n) is 3.31. The van der Waals surface area contributed by atoms with Gasteiger partial charge in [-0.05, 0) is 37.3 Å². The van der Waals surface area contributed by atoms with E-state index in [-0.39, 0.29) is 36.2 Å². The van der Waals surface area contributed by atoms with E-state index in [1.807, 2.05) is 11.8 Å². The number of hydrogen-bond donors (Lipinski definition) is 0. The first-order valence-corrected chi connectivity index (χ1v) is 10.9. The molecule has 27 heavy (non-hydrogen) atoms. The second-order valence-electron chi connectivity index (χ2n) is 6.79. The highest BCUT2D eigenvalue weighted by Crippen LogP contribution is 2.27. The van der Waals surface area contributed by atoms with Crippen LogP contribution in [-0.4, -0.2) is 45.7 Å². The van der Waals surface area contributed by atoms with Gasteiger partial charge in [0.1, 0.15) is 17.5 Å². The van der Waals surface area contributed by atoms with E-state index in [0.29, 0.717) is 23.6 Å². The van der Waals surface area contributed by atoms with Gasteiger partial charge in [0.2, 0.25) is 0 Å². The van der Waals surface area contributed by atoms with Crippen LogP contribution in [0.15, 0.2) is 18.2 Å². The minimum Gasteiger partial charge on any atom is -0.307 e. The Bertz CT molecular complexity index is 981. The molecular formula is C17H22F2N4O2S2. The second-order valence-corrected chi connectivity index (χ2v) is 9.38. The molecule has 1 saturated heterocycles. The van der Waals surface area contributed by atoms with Gasteiger partial charge in [-0.3, -0.25) is 4.90 Å². The van der Waals surface area contributed by atoms with Crippen molar-refractivity contribution < 1.29 is 17.2 Å². The van der Waals surface area contributed by atoms with Gasteiger partial charge in [0.25, 0.3) is 0 Å². The molecule has 1 fully saturated rings. The summed E-state index contributed by atoms with van der Waals surface area (Å²) in [4.78, 5) is 1.82. The Morgan fingerprint density at radius 2 is 2.00 bits per heavy atom. The number of halogens is 2. The van der Waals surface area contributed by atoms with Crippen LogP contribution in [0.4, 0.5) is 8.78 Å². The lowest BCUT2D eigenvalue weighted by atomic mass is 10.1. The van der Waals surface area contributed by atoms with Crippen molar-refractivity contribution in [2.45, 2.75) is 32.5 Å². The molecule has 0 bridgehead atoms. The van der Waals surface area contributed by atoms with Gasteiger partial charge in [0.15, 0.2) is 14.6 Å². The van der Waals surface area contributed by atoms with Gasteiger partial charge in [-0.2, -0.15) is 5.10 Å². The number of benzene rings is 1. The van der Waals surface area contributed by atoms with Crippen LogP contribution in [0, 0.1) is 16.4 Å². The molecule has 148 valence electrons. The molecule has 1 unspecified atom stereocenters. The SMILES string of the molecule is CCN(Cc1c(F)cccc1F)Cn1nc(C2CCS(=O)(=O)C2)n(C)c1=S. The lowest BCUT2D eigenvalue weighted by Crippen LogP contribution is -2.27. The Kier molecular flexibility index (Phi) is 5.78. The molecule has 0 amide bonds. The van der Waals surface area contributed by atoms with Crippen LogP contribution in [0.3, 0.4) is 0 Å². The predicted octanol–water partition coefficient (Wildman–Crippen LogP) is 2.61. The predicted molar refractivity (Wildman–Crippen MR) is 100 cm³/mol. The largest absolute Gasteiger partial charge is 0.307 e. The van der Waals surface area contributed by atoms with E-state index in [4.69, 9.17) is 12.2 Å². The molecule has 1 aliphatic rings. The van der Waals surface area contributed by atoms with Crippen LogP contribution in [-0.2, 0) is 30.1 Å². The van der Waals surface area contributed by atoms with E-state index in [0.717, 1.165) is 0 Å². The van der Waals surface area contributed by atoms with Crippen LogP contribution >= 0.6 is 12.2 Å². The highest BCUT2D eigenvalue weighted by molar-refractivity contribution is 7.91. The van der Waals surface area contributed by atoms with Gasteiger partial charge < -0.3 is 4.57 Å². The van der Waals surface area contributed by atoms with Crippen LogP contribution < -0.4 is 0 Å². The molecule has 3 rings (SSSR count).